The average Bonchev–Trinajstić information content (AvgIpc) is 3.36. The Balaban J connectivity index is 1.22. The number of fused-ring (bicyclic) bond motifs is 2. The summed E-state index contributed by atoms with van der Waals surface area (Å²) in [5, 5.41) is 7.94. The molecule has 2 atom stereocenters. The van der Waals surface area contributed by atoms with Gasteiger partial charge in [-0.3, -0.25) is 10.00 Å². The Morgan fingerprint density at radius 1 is 1.07 bits per heavy atom. The van der Waals surface area contributed by atoms with Crippen molar-refractivity contribution in [1.82, 2.24) is 25.1 Å². The van der Waals surface area contributed by atoms with Gasteiger partial charge in [0.25, 0.3) is 0 Å². The minimum atomic E-state index is 0.448. The van der Waals surface area contributed by atoms with E-state index in [1.807, 2.05) is 0 Å². The topological polar surface area (TPSA) is 60.9 Å². The highest BCUT2D eigenvalue weighted by Crippen LogP contribution is 2.35. The quantitative estimate of drug-likeness (QED) is 0.902. The van der Waals surface area contributed by atoms with E-state index in [4.69, 9.17) is 0 Å². The van der Waals surface area contributed by atoms with Gasteiger partial charge >= 0.3 is 0 Å². The number of nitrogens with one attached hydrogen (secondary N) is 1. The number of hydrogen-bond acceptors (Lipinski definition) is 5. The molecule has 2 aromatic heterocycles. The Hall–Kier alpha value is -1.95. The first-order chi connectivity index (χ1) is 13.2. The average molecular weight is 367 g/mol. The van der Waals surface area contributed by atoms with Crippen molar-refractivity contribution in [3.8, 4) is 0 Å². The third-order valence-electron chi connectivity index (χ3n) is 6.67. The van der Waals surface area contributed by atoms with Crippen molar-refractivity contribution in [2.24, 2.45) is 11.8 Å². The lowest BCUT2D eigenvalue weighted by Crippen LogP contribution is -2.29. The molecular formula is C21H30N6. The number of rotatable bonds is 4. The van der Waals surface area contributed by atoms with E-state index < -0.39 is 0 Å². The maximum atomic E-state index is 4.65. The zero-order chi connectivity index (χ0) is 18.4. The molecule has 0 aromatic carbocycles. The molecule has 5 rings (SSSR count). The van der Waals surface area contributed by atoms with Crippen LogP contribution in [-0.2, 0) is 19.4 Å². The first-order valence-corrected chi connectivity index (χ1v) is 10.5. The maximum Gasteiger partial charge on any atom is 0.132 e. The third-order valence-corrected chi connectivity index (χ3v) is 6.67. The van der Waals surface area contributed by atoms with E-state index in [0.717, 1.165) is 43.0 Å². The normalized spacial score (nSPS) is 25.2. The van der Waals surface area contributed by atoms with Crippen LogP contribution in [0.1, 0.15) is 55.3 Å². The lowest BCUT2D eigenvalue weighted by molar-refractivity contribution is 0.304. The van der Waals surface area contributed by atoms with Crippen LogP contribution in [0.5, 0.6) is 0 Å². The van der Waals surface area contributed by atoms with Gasteiger partial charge in [-0.05, 0) is 49.0 Å². The summed E-state index contributed by atoms with van der Waals surface area (Å²) in [6.45, 7) is 10.0. The van der Waals surface area contributed by atoms with Crippen LogP contribution < -0.4 is 4.90 Å². The Morgan fingerprint density at radius 2 is 1.85 bits per heavy atom. The van der Waals surface area contributed by atoms with Gasteiger partial charge in [-0.2, -0.15) is 5.10 Å². The van der Waals surface area contributed by atoms with Crippen LogP contribution in [0.2, 0.25) is 0 Å². The first kappa shape index (κ1) is 17.2. The molecule has 4 heterocycles. The third kappa shape index (κ3) is 3.24. The molecule has 2 saturated heterocycles. The van der Waals surface area contributed by atoms with E-state index in [-0.39, 0.29) is 0 Å². The van der Waals surface area contributed by atoms with E-state index >= 15 is 0 Å². The highest BCUT2D eigenvalue weighted by Gasteiger charge is 2.40. The molecule has 0 amide bonds. The summed E-state index contributed by atoms with van der Waals surface area (Å²) in [6.07, 6.45) is 6.74. The second kappa shape index (κ2) is 6.89. The molecule has 6 nitrogen and oxygen atoms in total. The molecule has 2 unspecified atom stereocenters. The number of aromatic nitrogens is 4. The van der Waals surface area contributed by atoms with Gasteiger partial charge in [-0.1, -0.05) is 13.8 Å². The van der Waals surface area contributed by atoms with Crippen molar-refractivity contribution in [3.05, 3.63) is 35.0 Å². The molecule has 0 radical (unpaired) electrons. The predicted octanol–water partition coefficient (Wildman–Crippen LogP) is 2.77. The SMILES string of the molecule is CC(C)c1cc(N2CC3CN(Cc4n[nH]c5c4CCCC5)CC3C2)ncn1. The Morgan fingerprint density at radius 3 is 2.63 bits per heavy atom. The van der Waals surface area contributed by atoms with Crippen LogP contribution in [0, 0.1) is 11.8 Å². The minimum Gasteiger partial charge on any atom is -0.356 e. The fraction of sp³-hybridized carbons (Fsp3) is 0.667. The van der Waals surface area contributed by atoms with E-state index in [2.05, 4.69) is 49.9 Å². The molecule has 1 N–H and O–H groups in total. The van der Waals surface area contributed by atoms with Gasteiger partial charge in [0.1, 0.15) is 12.1 Å². The Bertz CT molecular complexity index is 799. The van der Waals surface area contributed by atoms with Crippen molar-refractivity contribution >= 4 is 5.82 Å². The van der Waals surface area contributed by atoms with Crippen molar-refractivity contribution < 1.29 is 0 Å². The fourth-order valence-electron chi connectivity index (χ4n) is 5.15. The van der Waals surface area contributed by atoms with Crippen LogP contribution in [0.15, 0.2) is 12.4 Å². The standard InChI is InChI=1S/C21H30N6/c1-14(2)19-7-21(23-13-22-19)27-10-15-8-26(9-16(15)11-27)12-20-17-5-3-4-6-18(17)24-25-20/h7,13-16H,3-6,8-12H2,1-2H3,(H,24,25). The fourth-order valence-corrected chi connectivity index (χ4v) is 5.15. The number of anilines is 1. The number of H-pyrrole nitrogens is 1. The van der Waals surface area contributed by atoms with E-state index in [1.54, 1.807) is 6.33 Å². The molecule has 27 heavy (non-hydrogen) atoms. The number of aromatic amines is 1. The summed E-state index contributed by atoms with van der Waals surface area (Å²) in [7, 11) is 0. The van der Waals surface area contributed by atoms with Gasteiger partial charge in [0, 0.05) is 50.2 Å². The summed E-state index contributed by atoms with van der Waals surface area (Å²) in [5.41, 5.74) is 5.36. The zero-order valence-corrected chi connectivity index (χ0v) is 16.5. The Labute approximate surface area is 161 Å². The smallest absolute Gasteiger partial charge is 0.132 e. The molecule has 0 bridgehead atoms. The molecule has 2 aromatic rings. The zero-order valence-electron chi connectivity index (χ0n) is 16.5. The highest BCUT2D eigenvalue weighted by molar-refractivity contribution is 5.41. The second-order valence-corrected chi connectivity index (χ2v) is 8.91. The largest absolute Gasteiger partial charge is 0.356 e. The Kier molecular flexibility index (Phi) is 4.38. The van der Waals surface area contributed by atoms with Gasteiger partial charge in [-0.15, -0.1) is 0 Å². The van der Waals surface area contributed by atoms with Gasteiger partial charge < -0.3 is 4.90 Å². The lowest BCUT2D eigenvalue weighted by atomic mass is 9.96. The molecule has 1 aliphatic carbocycles. The molecule has 0 saturated carbocycles. The molecule has 2 aliphatic heterocycles. The number of aryl methyl sites for hydroxylation is 1. The van der Waals surface area contributed by atoms with E-state index in [9.17, 15) is 0 Å². The van der Waals surface area contributed by atoms with Crippen molar-refractivity contribution in [3.63, 3.8) is 0 Å². The van der Waals surface area contributed by atoms with Crippen LogP contribution in [0.25, 0.3) is 0 Å². The molecule has 144 valence electrons. The first-order valence-electron chi connectivity index (χ1n) is 10.5. The second-order valence-electron chi connectivity index (χ2n) is 8.91. The maximum absolute atomic E-state index is 4.65. The van der Waals surface area contributed by atoms with Gasteiger partial charge in [0.05, 0.1) is 5.69 Å². The summed E-state index contributed by atoms with van der Waals surface area (Å²) in [5.74, 6) is 3.05. The van der Waals surface area contributed by atoms with Gasteiger partial charge in [-0.25, -0.2) is 9.97 Å². The van der Waals surface area contributed by atoms with Crippen molar-refractivity contribution in [2.45, 2.75) is 52.0 Å². The van der Waals surface area contributed by atoms with Gasteiger partial charge in [0.15, 0.2) is 0 Å². The van der Waals surface area contributed by atoms with Crippen LogP contribution >= 0.6 is 0 Å². The molecule has 6 heteroatoms. The number of likely N-dealkylation sites (tertiary alicyclic amines) is 1. The van der Waals surface area contributed by atoms with Crippen LogP contribution in [0.4, 0.5) is 5.82 Å². The predicted molar refractivity (Wildman–Crippen MR) is 106 cm³/mol. The van der Waals surface area contributed by atoms with Crippen molar-refractivity contribution in [1.29, 1.82) is 0 Å². The van der Waals surface area contributed by atoms with Crippen LogP contribution in [0.3, 0.4) is 0 Å². The van der Waals surface area contributed by atoms with E-state index in [1.165, 1.54) is 55.7 Å². The molecular weight excluding hydrogens is 336 g/mol. The summed E-state index contributed by atoms with van der Waals surface area (Å²) < 4.78 is 0. The summed E-state index contributed by atoms with van der Waals surface area (Å²) in [6, 6.07) is 2.18. The lowest BCUT2D eigenvalue weighted by Gasteiger charge is -2.22. The van der Waals surface area contributed by atoms with Gasteiger partial charge in [0.2, 0.25) is 0 Å². The van der Waals surface area contributed by atoms with Crippen molar-refractivity contribution in [2.75, 3.05) is 31.1 Å². The minimum absolute atomic E-state index is 0.448. The molecule has 2 fully saturated rings. The van der Waals surface area contributed by atoms with Crippen LogP contribution in [-0.4, -0.2) is 51.2 Å². The number of hydrogen-bond donors (Lipinski definition) is 1. The number of nitrogens with zero attached hydrogens (tertiary/aromatic N) is 5. The van der Waals surface area contributed by atoms with E-state index in [0.29, 0.717) is 5.92 Å². The summed E-state index contributed by atoms with van der Waals surface area (Å²) >= 11 is 0. The highest BCUT2D eigenvalue weighted by atomic mass is 15.3. The molecule has 3 aliphatic rings. The monoisotopic (exact) mass is 366 g/mol. The molecule has 0 spiro atoms. The summed E-state index contributed by atoms with van der Waals surface area (Å²) in [4.78, 5) is 14.1.